The molecule has 0 atom stereocenters. The summed E-state index contributed by atoms with van der Waals surface area (Å²) in [6.07, 6.45) is 3.78. The van der Waals surface area contributed by atoms with Crippen molar-refractivity contribution in [3.63, 3.8) is 0 Å². The van der Waals surface area contributed by atoms with Gasteiger partial charge in [0.2, 0.25) is 0 Å². The number of aliphatic hydroxyl groups is 1. The number of hydrogen-bond acceptors (Lipinski definition) is 4. The van der Waals surface area contributed by atoms with Gasteiger partial charge in [-0.15, -0.1) is 0 Å². The van der Waals surface area contributed by atoms with Gasteiger partial charge in [-0.3, -0.25) is 9.80 Å². The third-order valence-electron chi connectivity index (χ3n) is 3.38. The standard InChI is InChI=1S/C13H24N4O/c1-13(2,18)10-17-6-4-16(5-7-17)9-12-8-14-11-15(12)3/h8,11,18H,4-7,9-10H2,1-3H3. The van der Waals surface area contributed by atoms with Crippen molar-refractivity contribution < 1.29 is 5.11 Å². The van der Waals surface area contributed by atoms with Gasteiger partial charge in [-0.25, -0.2) is 4.98 Å². The summed E-state index contributed by atoms with van der Waals surface area (Å²) < 4.78 is 2.07. The van der Waals surface area contributed by atoms with Gasteiger partial charge >= 0.3 is 0 Å². The largest absolute Gasteiger partial charge is 0.389 e. The minimum Gasteiger partial charge on any atom is -0.389 e. The Morgan fingerprint density at radius 1 is 1.22 bits per heavy atom. The van der Waals surface area contributed by atoms with Crippen LogP contribution in [-0.2, 0) is 13.6 Å². The van der Waals surface area contributed by atoms with Crippen molar-refractivity contribution in [1.82, 2.24) is 19.4 Å². The van der Waals surface area contributed by atoms with E-state index in [-0.39, 0.29) is 0 Å². The van der Waals surface area contributed by atoms with Crippen LogP contribution < -0.4 is 0 Å². The van der Waals surface area contributed by atoms with Crippen molar-refractivity contribution in [3.05, 3.63) is 18.2 Å². The number of hydrogen-bond donors (Lipinski definition) is 1. The number of aromatic nitrogens is 2. The number of piperazine rings is 1. The van der Waals surface area contributed by atoms with Gasteiger partial charge in [-0.2, -0.15) is 0 Å². The van der Waals surface area contributed by atoms with Crippen LogP contribution in [0.2, 0.25) is 0 Å². The van der Waals surface area contributed by atoms with Crippen molar-refractivity contribution in [2.45, 2.75) is 26.0 Å². The third kappa shape index (κ3) is 3.80. The van der Waals surface area contributed by atoms with Gasteiger partial charge in [-0.05, 0) is 13.8 Å². The molecule has 0 aromatic carbocycles. The highest BCUT2D eigenvalue weighted by Crippen LogP contribution is 2.11. The second-order valence-corrected chi connectivity index (χ2v) is 5.86. The highest BCUT2D eigenvalue weighted by atomic mass is 16.3. The summed E-state index contributed by atoms with van der Waals surface area (Å²) in [6, 6.07) is 0. The van der Waals surface area contributed by atoms with Gasteiger partial charge in [0.1, 0.15) is 0 Å². The summed E-state index contributed by atoms with van der Waals surface area (Å²) in [7, 11) is 2.03. The Bertz CT molecular complexity index is 375. The van der Waals surface area contributed by atoms with E-state index >= 15 is 0 Å². The van der Waals surface area contributed by atoms with E-state index in [1.165, 1.54) is 5.69 Å². The van der Waals surface area contributed by atoms with Gasteiger partial charge in [-0.1, -0.05) is 0 Å². The monoisotopic (exact) mass is 252 g/mol. The molecule has 1 aliphatic rings. The van der Waals surface area contributed by atoms with Crippen molar-refractivity contribution in [2.24, 2.45) is 7.05 Å². The second kappa shape index (κ2) is 5.38. The van der Waals surface area contributed by atoms with Crippen LogP contribution in [0.3, 0.4) is 0 Å². The van der Waals surface area contributed by atoms with Crippen LogP contribution >= 0.6 is 0 Å². The number of rotatable bonds is 4. The van der Waals surface area contributed by atoms with Crippen LogP contribution in [-0.4, -0.2) is 62.8 Å². The molecule has 0 bridgehead atoms. The zero-order chi connectivity index (χ0) is 13.2. The maximum absolute atomic E-state index is 9.81. The topological polar surface area (TPSA) is 44.5 Å². The summed E-state index contributed by atoms with van der Waals surface area (Å²) in [6.45, 7) is 9.63. The Labute approximate surface area is 109 Å². The second-order valence-electron chi connectivity index (χ2n) is 5.86. The number of aryl methyl sites for hydroxylation is 1. The lowest BCUT2D eigenvalue weighted by molar-refractivity contribution is 0.0164. The fraction of sp³-hybridized carbons (Fsp3) is 0.769. The lowest BCUT2D eigenvalue weighted by Crippen LogP contribution is -2.50. The van der Waals surface area contributed by atoms with Crippen LogP contribution in [0.5, 0.6) is 0 Å². The van der Waals surface area contributed by atoms with E-state index in [4.69, 9.17) is 0 Å². The molecule has 0 unspecified atom stereocenters. The fourth-order valence-electron chi connectivity index (χ4n) is 2.42. The molecule has 1 aromatic rings. The zero-order valence-corrected chi connectivity index (χ0v) is 11.6. The number of nitrogens with zero attached hydrogens (tertiary/aromatic N) is 4. The van der Waals surface area contributed by atoms with E-state index in [9.17, 15) is 5.11 Å². The Morgan fingerprint density at radius 3 is 2.33 bits per heavy atom. The Kier molecular flexibility index (Phi) is 4.04. The van der Waals surface area contributed by atoms with Gasteiger partial charge in [0.15, 0.2) is 0 Å². The fourth-order valence-corrected chi connectivity index (χ4v) is 2.42. The van der Waals surface area contributed by atoms with E-state index in [0.29, 0.717) is 0 Å². The molecule has 1 fully saturated rings. The Balaban J connectivity index is 1.79. The van der Waals surface area contributed by atoms with Crippen LogP contribution in [0.4, 0.5) is 0 Å². The van der Waals surface area contributed by atoms with E-state index in [0.717, 1.165) is 39.3 Å². The van der Waals surface area contributed by atoms with Crippen LogP contribution in [0.15, 0.2) is 12.5 Å². The molecular formula is C13H24N4O. The third-order valence-corrected chi connectivity index (χ3v) is 3.38. The van der Waals surface area contributed by atoms with E-state index in [2.05, 4.69) is 19.4 Å². The summed E-state index contributed by atoms with van der Waals surface area (Å²) in [4.78, 5) is 8.92. The van der Waals surface area contributed by atoms with Crippen LogP contribution in [0, 0.1) is 0 Å². The molecule has 2 heterocycles. The average molecular weight is 252 g/mol. The Morgan fingerprint density at radius 2 is 1.83 bits per heavy atom. The molecule has 0 radical (unpaired) electrons. The molecule has 1 aliphatic heterocycles. The average Bonchev–Trinajstić information content (AvgIpc) is 2.65. The zero-order valence-electron chi connectivity index (χ0n) is 11.6. The quantitative estimate of drug-likeness (QED) is 0.837. The molecule has 102 valence electrons. The molecule has 1 aromatic heterocycles. The summed E-state index contributed by atoms with van der Waals surface area (Å²) >= 11 is 0. The first-order valence-electron chi connectivity index (χ1n) is 6.56. The molecular weight excluding hydrogens is 228 g/mol. The predicted octanol–water partition coefficient (Wildman–Crippen LogP) is 0.309. The summed E-state index contributed by atoms with van der Waals surface area (Å²) in [5.41, 5.74) is 0.662. The molecule has 1 saturated heterocycles. The maximum Gasteiger partial charge on any atom is 0.0945 e. The first-order valence-corrected chi connectivity index (χ1v) is 6.56. The SMILES string of the molecule is Cn1cncc1CN1CCN(CC(C)(C)O)CC1. The number of imidazole rings is 1. The minimum absolute atomic E-state index is 0.593. The molecule has 0 amide bonds. The van der Waals surface area contributed by atoms with Gasteiger partial charge in [0.25, 0.3) is 0 Å². The van der Waals surface area contributed by atoms with Crippen molar-refractivity contribution in [2.75, 3.05) is 32.7 Å². The van der Waals surface area contributed by atoms with Crippen molar-refractivity contribution in [3.8, 4) is 0 Å². The first-order chi connectivity index (χ1) is 8.44. The van der Waals surface area contributed by atoms with E-state index in [1.807, 2.05) is 33.4 Å². The van der Waals surface area contributed by atoms with Gasteiger partial charge in [0.05, 0.1) is 17.6 Å². The highest BCUT2D eigenvalue weighted by molar-refractivity contribution is 4.97. The molecule has 0 saturated carbocycles. The Hall–Kier alpha value is -0.910. The maximum atomic E-state index is 9.81. The van der Waals surface area contributed by atoms with E-state index in [1.54, 1.807) is 0 Å². The van der Waals surface area contributed by atoms with Crippen molar-refractivity contribution in [1.29, 1.82) is 0 Å². The molecule has 0 aliphatic carbocycles. The molecule has 5 nitrogen and oxygen atoms in total. The summed E-state index contributed by atoms with van der Waals surface area (Å²) in [5, 5.41) is 9.81. The molecule has 0 spiro atoms. The normalized spacial score (nSPS) is 19.3. The first kappa shape index (κ1) is 13.5. The smallest absolute Gasteiger partial charge is 0.0945 e. The lowest BCUT2D eigenvalue weighted by atomic mass is 10.1. The van der Waals surface area contributed by atoms with Gasteiger partial charge < -0.3 is 9.67 Å². The molecule has 18 heavy (non-hydrogen) atoms. The lowest BCUT2D eigenvalue weighted by Gasteiger charge is -2.37. The molecule has 2 rings (SSSR count). The van der Waals surface area contributed by atoms with Gasteiger partial charge in [0, 0.05) is 52.5 Å². The van der Waals surface area contributed by atoms with Crippen LogP contribution in [0.25, 0.3) is 0 Å². The van der Waals surface area contributed by atoms with Crippen molar-refractivity contribution >= 4 is 0 Å². The summed E-state index contributed by atoms with van der Waals surface area (Å²) in [5.74, 6) is 0. The molecule has 1 N–H and O–H groups in total. The van der Waals surface area contributed by atoms with Crippen LogP contribution in [0.1, 0.15) is 19.5 Å². The molecule has 5 heteroatoms. The van der Waals surface area contributed by atoms with E-state index < -0.39 is 5.60 Å². The minimum atomic E-state index is -0.593. The predicted molar refractivity (Wildman–Crippen MR) is 71.2 cm³/mol. The highest BCUT2D eigenvalue weighted by Gasteiger charge is 2.22. The number of β-amino-alcohol motifs (C(OH)–C–C–N with tert-alkyl or cyclic N) is 1.